The van der Waals surface area contributed by atoms with Crippen LogP contribution in [0.4, 0.5) is 0 Å². The molecule has 1 heterocycles. The van der Waals surface area contributed by atoms with E-state index in [1.807, 2.05) is 37.3 Å². The monoisotopic (exact) mass is 351 g/mol. The molecule has 1 aliphatic heterocycles. The van der Waals surface area contributed by atoms with Crippen LogP contribution in [0.15, 0.2) is 36.4 Å². The highest BCUT2D eigenvalue weighted by Gasteiger charge is 2.29. The van der Waals surface area contributed by atoms with E-state index in [-0.39, 0.29) is 12.7 Å². The number of carbonyl (C=O) groups excluding carboxylic acids is 1. The minimum atomic E-state index is 0.135. The largest absolute Gasteiger partial charge is 0.454 e. The van der Waals surface area contributed by atoms with Gasteiger partial charge in [-0.25, -0.2) is 0 Å². The summed E-state index contributed by atoms with van der Waals surface area (Å²) in [5, 5.41) is 0. The average molecular weight is 351 g/mol. The van der Waals surface area contributed by atoms with E-state index in [2.05, 4.69) is 17.9 Å². The van der Waals surface area contributed by atoms with Gasteiger partial charge in [0.15, 0.2) is 11.5 Å². The molecule has 2 aromatic rings. The molecular formula is C22H25NO3. The standard InChI is InChI=1S/C22H25NO3/c1-15-6-5-9-19(16(15)2)22(24)23(18-7-3-4-8-18)13-17-10-11-20-21(12-17)26-14-25-20/h5-6,9-12,18H,3-4,7-8,13-14H2,1-2H3. The molecule has 1 amide bonds. The van der Waals surface area contributed by atoms with E-state index in [9.17, 15) is 4.79 Å². The third-order valence-electron chi connectivity index (χ3n) is 5.65. The summed E-state index contributed by atoms with van der Waals surface area (Å²) >= 11 is 0. The first-order valence-corrected chi connectivity index (χ1v) is 9.39. The normalized spacial score (nSPS) is 16.1. The van der Waals surface area contributed by atoms with Gasteiger partial charge in [-0.15, -0.1) is 0 Å². The predicted octanol–water partition coefficient (Wildman–Crippen LogP) is 4.62. The summed E-state index contributed by atoms with van der Waals surface area (Å²) in [6, 6.07) is 12.3. The number of hydrogen-bond donors (Lipinski definition) is 0. The average Bonchev–Trinajstić information content (AvgIpc) is 3.32. The van der Waals surface area contributed by atoms with E-state index in [4.69, 9.17) is 9.47 Å². The summed E-state index contributed by atoms with van der Waals surface area (Å²) in [5.74, 6) is 1.69. The number of benzene rings is 2. The zero-order chi connectivity index (χ0) is 18.1. The van der Waals surface area contributed by atoms with Gasteiger partial charge in [0.25, 0.3) is 5.91 Å². The van der Waals surface area contributed by atoms with Gasteiger partial charge in [-0.1, -0.05) is 31.0 Å². The summed E-state index contributed by atoms with van der Waals surface area (Å²) in [4.78, 5) is 15.5. The number of hydrogen-bond acceptors (Lipinski definition) is 3. The van der Waals surface area contributed by atoms with Crippen LogP contribution in [0.1, 0.15) is 52.7 Å². The fourth-order valence-corrected chi connectivity index (χ4v) is 3.96. The number of aryl methyl sites for hydroxylation is 1. The molecule has 4 rings (SSSR count). The van der Waals surface area contributed by atoms with Crippen molar-refractivity contribution < 1.29 is 14.3 Å². The highest BCUT2D eigenvalue weighted by molar-refractivity contribution is 5.96. The fourth-order valence-electron chi connectivity index (χ4n) is 3.96. The first-order chi connectivity index (χ1) is 12.6. The van der Waals surface area contributed by atoms with Gasteiger partial charge in [-0.3, -0.25) is 4.79 Å². The van der Waals surface area contributed by atoms with Crippen LogP contribution in [0, 0.1) is 13.8 Å². The molecule has 0 spiro atoms. The Morgan fingerprint density at radius 1 is 1.08 bits per heavy atom. The molecule has 26 heavy (non-hydrogen) atoms. The van der Waals surface area contributed by atoms with Crippen LogP contribution in [-0.4, -0.2) is 23.6 Å². The zero-order valence-electron chi connectivity index (χ0n) is 15.5. The van der Waals surface area contributed by atoms with Gasteiger partial charge in [0, 0.05) is 18.2 Å². The maximum Gasteiger partial charge on any atom is 0.254 e. The van der Waals surface area contributed by atoms with E-state index in [1.165, 1.54) is 12.8 Å². The number of fused-ring (bicyclic) bond motifs is 1. The van der Waals surface area contributed by atoms with Crippen LogP contribution in [0.3, 0.4) is 0 Å². The van der Waals surface area contributed by atoms with Crippen LogP contribution < -0.4 is 9.47 Å². The Labute approximate surface area is 154 Å². The van der Waals surface area contributed by atoms with E-state index in [0.29, 0.717) is 12.6 Å². The van der Waals surface area contributed by atoms with E-state index < -0.39 is 0 Å². The quantitative estimate of drug-likeness (QED) is 0.807. The van der Waals surface area contributed by atoms with Crippen molar-refractivity contribution in [1.29, 1.82) is 0 Å². The third-order valence-corrected chi connectivity index (χ3v) is 5.65. The first kappa shape index (κ1) is 17.0. The van der Waals surface area contributed by atoms with E-state index in [1.54, 1.807) is 0 Å². The summed E-state index contributed by atoms with van der Waals surface area (Å²) in [6.45, 7) is 4.97. The van der Waals surface area contributed by atoms with Crippen molar-refractivity contribution in [2.45, 2.75) is 52.1 Å². The lowest BCUT2D eigenvalue weighted by Gasteiger charge is -2.30. The number of ether oxygens (including phenoxy) is 2. The molecule has 0 saturated heterocycles. The number of rotatable bonds is 4. The molecule has 0 bridgehead atoms. The predicted molar refractivity (Wildman–Crippen MR) is 101 cm³/mol. The van der Waals surface area contributed by atoms with Crippen LogP contribution in [0.25, 0.3) is 0 Å². The molecule has 0 unspecified atom stereocenters. The van der Waals surface area contributed by atoms with Gasteiger partial charge >= 0.3 is 0 Å². The SMILES string of the molecule is Cc1cccc(C(=O)N(Cc2ccc3c(c2)OCO3)C2CCCC2)c1C. The minimum Gasteiger partial charge on any atom is -0.454 e. The Balaban J connectivity index is 1.64. The summed E-state index contributed by atoms with van der Waals surface area (Å²) < 4.78 is 10.9. The van der Waals surface area contributed by atoms with E-state index >= 15 is 0 Å². The Morgan fingerprint density at radius 3 is 2.65 bits per heavy atom. The van der Waals surface area contributed by atoms with Gasteiger partial charge in [-0.2, -0.15) is 0 Å². The number of nitrogens with zero attached hydrogens (tertiary/aromatic N) is 1. The number of carbonyl (C=O) groups is 1. The highest BCUT2D eigenvalue weighted by atomic mass is 16.7. The molecule has 2 aromatic carbocycles. The van der Waals surface area contributed by atoms with Crippen LogP contribution >= 0.6 is 0 Å². The second-order valence-corrected chi connectivity index (χ2v) is 7.31. The molecule has 0 N–H and O–H groups in total. The Hall–Kier alpha value is -2.49. The molecular weight excluding hydrogens is 326 g/mol. The van der Waals surface area contributed by atoms with Crippen LogP contribution in [0.5, 0.6) is 11.5 Å². The van der Waals surface area contributed by atoms with Gasteiger partial charge in [0.1, 0.15) is 0 Å². The third kappa shape index (κ3) is 3.16. The Morgan fingerprint density at radius 2 is 1.85 bits per heavy atom. The second-order valence-electron chi connectivity index (χ2n) is 7.31. The Kier molecular flexibility index (Phi) is 4.58. The van der Waals surface area contributed by atoms with Crippen molar-refractivity contribution in [2.75, 3.05) is 6.79 Å². The molecule has 0 aromatic heterocycles. The molecule has 2 aliphatic rings. The molecule has 1 aliphatic carbocycles. The molecule has 4 nitrogen and oxygen atoms in total. The first-order valence-electron chi connectivity index (χ1n) is 9.39. The zero-order valence-corrected chi connectivity index (χ0v) is 15.5. The van der Waals surface area contributed by atoms with Gasteiger partial charge in [0.05, 0.1) is 0 Å². The summed E-state index contributed by atoms with van der Waals surface area (Å²) in [6.07, 6.45) is 4.56. The maximum atomic E-state index is 13.4. The molecule has 0 radical (unpaired) electrons. The van der Waals surface area contributed by atoms with Crippen molar-refractivity contribution in [3.63, 3.8) is 0 Å². The van der Waals surface area contributed by atoms with E-state index in [0.717, 1.165) is 46.6 Å². The van der Waals surface area contributed by atoms with Crippen LogP contribution in [-0.2, 0) is 6.54 Å². The van der Waals surface area contributed by atoms with Crippen molar-refractivity contribution >= 4 is 5.91 Å². The van der Waals surface area contributed by atoms with Crippen molar-refractivity contribution in [3.05, 3.63) is 58.7 Å². The fraction of sp³-hybridized carbons (Fsp3) is 0.409. The topological polar surface area (TPSA) is 38.8 Å². The van der Waals surface area contributed by atoms with Gasteiger partial charge in [-0.05, 0) is 61.6 Å². The Bertz CT molecular complexity index is 824. The lowest BCUT2D eigenvalue weighted by Crippen LogP contribution is -2.38. The maximum absolute atomic E-state index is 13.4. The summed E-state index contributed by atoms with van der Waals surface area (Å²) in [5.41, 5.74) is 4.13. The van der Waals surface area contributed by atoms with Gasteiger partial charge < -0.3 is 14.4 Å². The van der Waals surface area contributed by atoms with Crippen LogP contribution in [0.2, 0.25) is 0 Å². The van der Waals surface area contributed by atoms with Crippen molar-refractivity contribution in [3.8, 4) is 11.5 Å². The van der Waals surface area contributed by atoms with Crippen molar-refractivity contribution in [2.24, 2.45) is 0 Å². The smallest absolute Gasteiger partial charge is 0.254 e. The highest BCUT2D eigenvalue weighted by Crippen LogP contribution is 2.34. The van der Waals surface area contributed by atoms with Crippen molar-refractivity contribution in [1.82, 2.24) is 4.90 Å². The van der Waals surface area contributed by atoms with Gasteiger partial charge in [0.2, 0.25) is 6.79 Å². The molecule has 1 saturated carbocycles. The molecule has 136 valence electrons. The minimum absolute atomic E-state index is 0.135. The lowest BCUT2D eigenvalue weighted by atomic mass is 10.0. The number of amides is 1. The molecule has 4 heteroatoms. The lowest BCUT2D eigenvalue weighted by molar-refractivity contribution is 0.0663. The molecule has 1 fully saturated rings. The molecule has 0 atom stereocenters. The second kappa shape index (κ2) is 7.02. The summed E-state index contributed by atoms with van der Waals surface area (Å²) in [7, 11) is 0.